The van der Waals surface area contributed by atoms with E-state index in [0.717, 1.165) is 9.35 Å². The highest BCUT2D eigenvalue weighted by molar-refractivity contribution is 9.10. The van der Waals surface area contributed by atoms with Crippen molar-refractivity contribution >= 4 is 33.2 Å². The molecule has 1 aromatic heterocycles. The number of thiophene rings is 1. The van der Waals surface area contributed by atoms with E-state index in [4.69, 9.17) is 0 Å². The summed E-state index contributed by atoms with van der Waals surface area (Å²) in [5.41, 5.74) is 0.575. The molecule has 0 radical (unpaired) electrons. The van der Waals surface area contributed by atoms with Crippen LogP contribution in [-0.2, 0) is 6.54 Å². The van der Waals surface area contributed by atoms with Crippen molar-refractivity contribution in [3.05, 3.63) is 50.6 Å². The fraction of sp³-hybridized carbons (Fsp3) is 0.154. The molecule has 5 heteroatoms. The number of carbonyl (C=O) groups is 1. The number of halogens is 1. The van der Waals surface area contributed by atoms with Crippen LogP contribution in [0.1, 0.15) is 15.2 Å². The summed E-state index contributed by atoms with van der Waals surface area (Å²) in [5, 5.41) is 11.2. The zero-order valence-corrected chi connectivity index (χ0v) is 12.2. The van der Waals surface area contributed by atoms with Gasteiger partial charge in [0.25, 0.3) is 5.91 Å². The zero-order chi connectivity index (χ0) is 13.1. The van der Waals surface area contributed by atoms with Crippen LogP contribution in [0.4, 0.5) is 0 Å². The van der Waals surface area contributed by atoms with E-state index in [-0.39, 0.29) is 11.7 Å². The van der Waals surface area contributed by atoms with E-state index in [2.05, 4.69) is 15.9 Å². The second-order valence-electron chi connectivity index (χ2n) is 3.94. The minimum atomic E-state index is -0.0560. The molecule has 1 amide bonds. The van der Waals surface area contributed by atoms with Gasteiger partial charge in [-0.05, 0) is 46.3 Å². The summed E-state index contributed by atoms with van der Waals surface area (Å²) in [5.74, 6) is 0.107. The average Bonchev–Trinajstić information content (AvgIpc) is 2.75. The fourth-order valence-electron chi connectivity index (χ4n) is 1.57. The summed E-state index contributed by atoms with van der Waals surface area (Å²) < 4.78 is 1.04. The largest absolute Gasteiger partial charge is 0.508 e. The summed E-state index contributed by atoms with van der Waals surface area (Å²) in [7, 11) is 1.77. The van der Waals surface area contributed by atoms with Gasteiger partial charge in [0.15, 0.2) is 0 Å². The van der Waals surface area contributed by atoms with Crippen LogP contribution in [0, 0.1) is 0 Å². The number of nitrogens with zero attached hydrogens (tertiary/aromatic N) is 1. The Labute approximate surface area is 118 Å². The lowest BCUT2D eigenvalue weighted by molar-refractivity contribution is 0.0786. The first-order valence-electron chi connectivity index (χ1n) is 5.33. The molecule has 0 bridgehead atoms. The Kier molecular flexibility index (Phi) is 4.04. The predicted octanol–water partition coefficient (Wildman–Crippen LogP) is 3.49. The van der Waals surface area contributed by atoms with Crippen LogP contribution < -0.4 is 0 Å². The van der Waals surface area contributed by atoms with Gasteiger partial charge in [-0.1, -0.05) is 0 Å². The molecule has 0 saturated carbocycles. The molecule has 0 saturated heterocycles. The number of carbonyl (C=O) groups excluding carboxylic acids is 1. The van der Waals surface area contributed by atoms with Crippen LogP contribution in [0.3, 0.4) is 0 Å². The molecule has 0 fully saturated rings. The molecule has 2 aromatic rings. The fourth-order valence-corrected chi connectivity index (χ4v) is 3.07. The van der Waals surface area contributed by atoms with Crippen molar-refractivity contribution in [2.45, 2.75) is 6.54 Å². The van der Waals surface area contributed by atoms with Gasteiger partial charge in [-0.15, -0.1) is 11.3 Å². The molecule has 94 valence electrons. The van der Waals surface area contributed by atoms with Crippen molar-refractivity contribution < 1.29 is 9.90 Å². The lowest BCUT2D eigenvalue weighted by Crippen LogP contribution is -2.25. The van der Waals surface area contributed by atoms with E-state index in [1.54, 1.807) is 35.4 Å². The summed E-state index contributed by atoms with van der Waals surface area (Å²) in [6.07, 6.45) is 0. The molecule has 0 unspecified atom stereocenters. The van der Waals surface area contributed by atoms with Crippen LogP contribution in [0.25, 0.3) is 0 Å². The Balaban J connectivity index is 2.07. The van der Waals surface area contributed by atoms with Gasteiger partial charge in [0.2, 0.25) is 0 Å². The lowest BCUT2D eigenvalue weighted by atomic mass is 10.2. The molecule has 2 rings (SSSR count). The molecule has 3 nitrogen and oxygen atoms in total. The SMILES string of the molecule is CN(Cc1cc(Br)cs1)C(=O)c1ccc(O)cc1. The summed E-state index contributed by atoms with van der Waals surface area (Å²) in [4.78, 5) is 14.9. The Morgan fingerprint density at radius 2 is 2.06 bits per heavy atom. The maximum Gasteiger partial charge on any atom is 0.253 e. The molecule has 0 spiro atoms. The number of amides is 1. The third kappa shape index (κ3) is 3.11. The first-order chi connectivity index (χ1) is 8.56. The molecule has 1 heterocycles. The number of rotatable bonds is 3. The second kappa shape index (κ2) is 5.54. The highest BCUT2D eigenvalue weighted by Gasteiger charge is 2.12. The van der Waals surface area contributed by atoms with Gasteiger partial charge in [-0.3, -0.25) is 4.79 Å². The number of hydrogen-bond donors (Lipinski definition) is 1. The van der Waals surface area contributed by atoms with Crippen LogP contribution in [0.2, 0.25) is 0 Å². The maximum atomic E-state index is 12.1. The minimum absolute atomic E-state index is 0.0560. The Morgan fingerprint density at radius 3 is 2.61 bits per heavy atom. The molecule has 0 aliphatic heterocycles. The average molecular weight is 326 g/mol. The van der Waals surface area contributed by atoms with Crippen molar-refractivity contribution in [1.82, 2.24) is 4.90 Å². The van der Waals surface area contributed by atoms with Crippen molar-refractivity contribution in [1.29, 1.82) is 0 Å². The summed E-state index contributed by atoms with van der Waals surface area (Å²) in [6.45, 7) is 0.579. The van der Waals surface area contributed by atoms with Gasteiger partial charge >= 0.3 is 0 Å². The Hall–Kier alpha value is -1.33. The number of phenols is 1. The molecule has 0 aliphatic rings. The first-order valence-corrected chi connectivity index (χ1v) is 7.01. The smallest absolute Gasteiger partial charge is 0.253 e. The number of hydrogen-bond acceptors (Lipinski definition) is 3. The molecule has 0 atom stereocenters. The monoisotopic (exact) mass is 325 g/mol. The normalized spacial score (nSPS) is 10.3. The van der Waals surface area contributed by atoms with Crippen molar-refractivity contribution in [2.24, 2.45) is 0 Å². The van der Waals surface area contributed by atoms with Gasteiger partial charge in [-0.2, -0.15) is 0 Å². The van der Waals surface area contributed by atoms with E-state index in [1.165, 1.54) is 12.1 Å². The van der Waals surface area contributed by atoms with Crippen molar-refractivity contribution in [3.63, 3.8) is 0 Å². The number of aromatic hydroxyl groups is 1. The Morgan fingerprint density at radius 1 is 1.39 bits per heavy atom. The van der Waals surface area contributed by atoms with E-state index in [1.807, 2.05) is 11.4 Å². The van der Waals surface area contributed by atoms with Gasteiger partial charge < -0.3 is 10.0 Å². The molecule has 1 N–H and O–H groups in total. The van der Waals surface area contributed by atoms with E-state index in [9.17, 15) is 9.90 Å². The highest BCUT2D eigenvalue weighted by atomic mass is 79.9. The topological polar surface area (TPSA) is 40.5 Å². The molecular weight excluding hydrogens is 314 g/mol. The van der Waals surface area contributed by atoms with Crippen molar-refractivity contribution in [3.8, 4) is 5.75 Å². The van der Waals surface area contributed by atoms with Crippen LogP contribution in [-0.4, -0.2) is 23.0 Å². The van der Waals surface area contributed by atoms with Crippen LogP contribution >= 0.6 is 27.3 Å². The number of benzene rings is 1. The quantitative estimate of drug-likeness (QED) is 0.938. The summed E-state index contributed by atoms with van der Waals surface area (Å²) >= 11 is 5.00. The third-order valence-corrected chi connectivity index (χ3v) is 4.16. The molecule has 1 aromatic carbocycles. The van der Waals surface area contributed by atoms with Gasteiger partial charge in [0.05, 0.1) is 6.54 Å². The maximum absolute atomic E-state index is 12.1. The van der Waals surface area contributed by atoms with Crippen LogP contribution in [0.15, 0.2) is 40.2 Å². The van der Waals surface area contributed by atoms with E-state index >= 15 is 0 Å². The second-order valence-corrected chi connectivity index (χ2v) is 5.85. The summed E-state index contributed by atoms with van der Waals surface area (Å²) in [6, 6.07) is 8.29. The predicted molar refractivity (Wildman–Crippen MR) is 75.9 cm³/mol. The lowest BCUT2D eigenvalue weighted by Gasteiger charge is -2.16. The van der Waals surface area contributed by atoms with Crippen LogP contribution in [0.5, 0.6) is 5.75 Å². The van der Waals surface area contributed by atoms with Gasteiger partial charge in [0, 0.05) is 27.3 Å². The van der Waals surface area contributed by atoms with Gasteiger partial charge in [0.1, 0.15) is 5.75 Å². The molecular formula is C13H12BrNO2S. The van der Waals surface area contributed by atoms with E-state index < -0.39 is 0 Å². The highest BCUT2D eigenvalue weighted by Crippen LogP contribution is 2.21. The minimum Gasteiger partial charge on any atom is -0.508 e. The standard InChI is InChI=1S/C13H12BrNO2S/c1-15(7-12-6-10(14)8-18-12)13(17)9-2-4-11(16)5-3-9/h2-6,8,16H,7H2,1H3. The van der Waals surface area contributed by atoms with Crippen molar-refractivity contribution in [2.75, 3.05) is 7.05 Å². The van der Waals surface area contributed by atoms with Gasteiger partial charge in [-0.25, -0.2) is 0 Å². The zero-order valence-electron chi connectivity index (χ0n) is 9.76. The molecule has 18 heavy (non-hydrogen) atoms. The Bertz CT molecular complexity index is 550. The van der Waals surface area contributed by atoms with E-state index in [0.29, 0.717) is 12.1 Å². The number of phenolic OH excluding ortho intramolecular Hbond substituents is 1. The molecule has 0 aliphatic carbocycles. The third-order valence-electron chi connectivity index (χ3n) is 2.48. The first kappa shape index (κ1) is 13.1.